The van der Waals surface area contributed by atoms with Crippen LogP contribution in [0.25, 0.3) is 21.3 Å². The van der Waals surface area contributed by atoms with Gasteiger partial charge in [0.2, 0.25) is 0 Å². The largest absolute Gasteiger partial charge is 0.383 e. The minimum absolute atomic E-state index is 0.00176. The Morgan fingerprint density at radius 1 is 1.32 bits per heavy atom. The third-order valence-electron chi connectivity index (χ3n) is 4.36. The third-order valence-corrected chi connectivity index (χ3v) is 6.01. The monoisotopic (exact) mass is 376 g/mol. The Labute approximate surface area is 156 Å². The van der Waals surface area contributed by atoms with Gasteiger partial charge in [0.05, 0.1) is 18.5 Å². The summed E-state index contributed by atoms with van der Waals surface area (Å²) in [5.74, 6) is 0.720. The lowest BCUT2D eigenvalue weighted by Gasteiger charge is -2.10. The second-order valence-electron chi connectivity index (χ2n) is 6.01. The first-order chi connectivity index (χ1) is 12.0. The second-order valence-corrected chi connectivity index (χ2v) is 7.50. The Kier molecular flexibility index (Phi) is 5.27. The van der Waals surface area contributed by atoms with Gasteiger partial charge in [0.15, 0.2) is 0 Å². The Bertz CT molecular complexity index is 991. The minimum Gasteiger partial charge on any atom is -0.383 e. The maximum absolute atomic E-state index is 13.2. The fourth-order valence-corrected chi connectivity index (χ4v) is 4.32. The van der Waals surface area contributed by atoms with E-state index in [1.165, 1.54) is 4.88 Å². The lowest BCUT2D eigenvalue weighted by molar-refractivity contribution is 0.185. The molecular weight excluding hydrogens is 356 g/mol. The molecule has 25 heavy (non-hydrogen) atoms. The first-order valence-electron chi connectivity index (χ1n) is 8.26. The van der Waals surface area contributed by atoms with Crippen molar-refractivity contribution >= 4 is 33.2 Å². The maximum atomic E-state index is 13.2. The van der Waals surface area contributed by atoms with Gasteiger partial charge in [-0.1, -0.05) is 24.6 Å². The number of ether oxygens (including phenoxy) is 1. The standard InChI is InChI=1S/C19H21ClN2O2S/c1-5-15-16(13-6-7-14(20)11(2)10-13)17-18(25-15)21-12(3)22(19(17)23)8-9-24-4/h6-7,10H,5,8-9H2,1-4H3. The van der Waals surface area contributed by atoms with Gasteiger partial charge in [0, 0.05) is 22.6 Å². The van der Waals surface area contributed by atoms with Gasteiger partial charge in [0.25, 0.3) is 5.56 Å². The van der Waals surface area contributed by atoms with Crippen LogP contribution in [0.1, 0.15) is 23.2 Å². The molecule has 3 aromatic rings. The summed E-state index contributed by atoms with van der Waals surface area (Å²) in [6.45, 7) is 6.93. The van der Waals surface area contributed by atoms with Crippen molar-refractivity contribution in [3.05, 3.63) is 49.8 Å². The van der Waals surface area contributed by atoms with Gasteiger partial charge >= 0.3 is 0 Å². The van der Waals surface area contributed by atoms with Crippen LogP contribution in [-0.2, 0) is 17.7 Å². The first-order valence-corrected chi connectivity index (χ1v) is 9.45. The van der Waals surface area contributed by atoms with Crippen molar-refractivity contribution in [2.24, 2.45) is 0 Å². The van der Waals surface area contributed by atoms with E-state index in [9.17, 15) is 4.79 Å². The van der Waals surface area contributed by atoms with Crippen molar-refractivity contribution < 1.29 is 4.74 Å². The molecule has 0 unspecified atom stereocenters. The van der Waals surface area contributed by atoms with Crippen LogP contribution in [0.5, 0.6) is 0 Å². The topological polar surface area (TPSA) is 44.1 Å². The Hall–Kier alpha value is -1.69. The Balaban J connectivity index is 2.33. The molecule has 1 aromatic carbocycles. The van der Waals surface area contributed by atoms with Gasteiger partial charge in [-0.25, -0.2) is 4.98 Å². The van der Waals surface area contributed by atoms with Crippen LogP contribution in [0, 0.1) is 13.8 Å². The minimum atomic E-state index is -0.00176. The van der Waals surface area contributed by atoms with E-state index in [1.54, 1.807) is 23.0 Å². The van der Waals surface area contributed by atoms with Crippen LogP contribution in [0.15, 0.2) is 23.0 Å². The number of hydrogen-bond acceptors (Lipinski definition) is 4. The number of aromatic nitrogens is 2. The fraction of sp³-hybridized carbons (Fsp3) is 0.368. The molecule has 0 atom stereocenters. The highest BCUT2D eigenvalue weighted by molar-refractivity contribution is 7.19. The van der Waals surface area contributed by atoms with E-state index in [1.807, 2.05) is 32.0 Å². The van der Waals surface area contributed by atoms with Crippen molar-refractivity contribution in [1.29, 1.82) is 0 Å². The average Bonchev–Trinajstić information content (AvgIpc) is 2.95. The number of thiophene rings is 1. The van der Waals surface area contributed by atoms with Gasteiger partial charge < -0.3 is 4.74 Å². The van der Waals surface area contributed by atoms with Gasteiger partial charge in [-0.05, 0) is 43.5 Å². The van der Waals surface area contributed by atoms with Crippen molar-refractivity contribution in [1.82, 2.24) is 9.55 Å². The number of methoxy groups -OCH3 is 1. The molecule has 0 aliphatic rings. The van der Waals surface area contributed by atoms with E-state index < -0.39 is 0 Å². The molecule has 2 heterocycles. The highest BCUT2D eigenvalue weighted by Crippen LogP contribution is 2.37. The molecule has 0 N–H and O–H groups in total. The maximum Gasteiger partial charge on any atom is 0.262 e. The SMILES string of the molecule is CCc1sc2nc(C)n(CCOC)c(=O)c2c1-c1ccc(Cl)c(C)c1. The molecule has 0 radical (unpaired) electrons. The van der Waals surface area contributed by atoms with E-state index in [2.05, 4.69) is 11.9 Å². The van der Waals surface area contributed by atoms with E-state index in [-0.39, 0.29) is 5.56 Å². The van der Waals surface area contributed by atoms with Crippen molar-refractivity contribution in [3.63, 3.8) is 0 Å². The number of hydrogen-bond donors (Lipinski definition) is 0. The lowest BCUT2D eigenvalue weighted by Crippen LogP contribution is -2.25. The zero-order valence-corrected chi connectivity index (χ0v) is 16.4. The van der Waals surface area contributed by atoms with Crippen LogP contribution in [0.4, 0.5) is 0 Å². The molecule has 2 aromatic heterocycles. The zero-order chi connectivity index (χ0) is 18.1. The van der Waals surface area contributed by atoms with Crippen molar-refractivity contribution in [2.45, 2.75) is 33.7 Å². The number of nitrogens with zero attached hydrogens (tertiary/aromatic N) is 2. The summed E-state index contributed by atoms with van der Waals surface area (Å²) in [5.41, 5.74) is 3.01. The van der Waals surface area contributed by atoms with Gasteiger partial charge in [-0.15, -0.1) is 11.3 Å². The molecule has 6 heteroatoms. The molecule has 4 nitrogen and oxygen atoms in total. The third kappa shape index (κ3) is 3.24. The quantitative estimate of drug-likeness (QED) is 0.653. The van der Waals surface area contributed by atoms with Crippen LogP contribution in [0.3, 0.4) is 0 Å². The van der Waals surface area contributed by atoms with Crippen LogP contribution < -0.4 is 5.56 Å². The summed E-state index contributed by atoms with van der Waals surface area (Å²) in [6, 6.07) is 5.91. The predicted octanol–water partition coefficient (Wildman–Crippen LogP) is 4.60. The normalized spacial score (nSPS) is 11.4. The average molecular weight is 377 g/mol. The smallest absolute Gasteiger partial charge is 0.262 e. The highest BCUT2D eigenvalue weighted by atomic mass is 35.5. The zero-order valence-electron chi connectivity index (χ0n) is 14.9. The molecule has 0 spiro atoms. The molecule has 0 aliphatic carbocycles. The van der Waals surface area contributed by atoms with Crippen molar-refractivity contribution in [3.8, 4) is 11.1 Å². The van der Waals surface area contributed by atoms with Gasteiger partial charge in [-0.3, -0.25) is 9.36 Å². The van der Waals surface area contributed by atoms with E-state index in [0.717, 1.165) is 38.8 Å². The van der Waals surface area contributed by atoms with Crippen LogP contribution in [-0.4, -0.2) is 23.3 Å². The molecular formula is C19H21ClN2O2S. The molecule has 3 rings (SSSR count). The second kappa shape index (κ2) is 7.28. The number of benzene rings is 1. The van der Waals surface area contributed by atoms with Crippen LogP contribution in [0.2, 0.25) is 5.02 Å². The summed E-state index contributed by atoms with van der Waals surface area (Å²) >= 11 is 7.78. The predicted molar refractivity (Wildman–Crippen MR) is 105 cm³/mol. The molecule has 0 fully saturated rings. The van der Waals surface area contributed by atoms with Gasteiger partial charge in [0.1, 0.15) is 10.7 Å². The highest BCUT2D eigenvalue weighted by Gasteiger charge is 2.20. The van der Waals surface area contributed by atoms with E-state index in [0.29, 0.717) is 18.5 Å². The summed E-state index contributed by atoms with van der Waals surface area (Å²) in [6.07, 6.45) is 0.856. The Morgan fingerprint density at radius 2 is 2.08 bits per heavy atom. The molecule has 0 saturated carbocycles. The lowest BCUT2D eigenvalue weighted by atomic mass is 10.0. The number of rotatable bonds is 5. The summed E-state index contributed by atoms with van der Waals surface area (Å²) in [4.78, 5) is 19.8. The number of fused-ring (bicyclic) bond motifs is 1. The van der Waals surface area contributed by atoms with E-state index >= 15 is 0 Å². The fourth-order valence-electron chi connectivity index (χ4n) is 3.03. The van der Waals surface area contributed by atoms with Crippen molar-refractivity contribution in [2.75, 3.05) is 13.7 Å². The van der Waals surface area contributed by atoms with Crippen LogP contribution >= 0.6 is 22.9 Å². The van der Waals surface area contributed by atoms with E-state index in [4.69, 9.17) is 16.3 Å². The molecule has 132 valence electrons. The molecule has 0 amide bonds. The number of halogens is 1. The molecule has 0 aliphatic heterocycles. The molecule has 0 saturated heterocycles. The first kappa shape index (κ1) is 18.1. The van der Waals surface area contributed by atoms with Gasteiger partial charge in [-0.2, -0.15) is 0 Å². The summed E-state index contributed by atoms with van der Waals surface area (Å²) < 4.78 is 6.84. The Morgan fingerprint density at radius 3 is 2.72 bits per heavy atom. The molecule has 0 bridgehead atoms. The summed E-state index contributed by atoms with van der Waals surface area (Å²) in [5, 5.41) is 1.43. The number of aryl methyl sites for hydroxylation is 3. The summed E-state index contributed by atoms with van der Waals surface area (Å²) in [7, 11) is 1.63.